The average Bonchev–Trinajstić information content (AvgIpc) is 2.69. The Kier molecular flexibility index (Phi) is 5.93. The lowest BCUT2D eigenvalue weighted by Crippen LogP contribution is -2.39. The summed E-state index contributed by atoms with van der Waals surface area (Å²) in [6.07, 6.45) is 0. The van der Waals surface area contributed by atoms with Gasteiger partial charge in [-0.2, -0.15) is 0 Å². The summed E-state index contributed by atoms with van der Waals surface area (Å²) < 4.78 is 40.0. The van der Waals surface area contributed by atoms with Gasteiger partial charge in [0.05, 0.1) is 5.75 Å². The first-order chi connectivity index (χ1) is 13.3. The minimum atomic E-state index is -3.67. The average molecular weight is 399 g/mol. The molecule has 28 heavy (non-hydrogen) atoms. The van der Waals surface area contributed by atoms with E-state index in [-0.39, 0.29) is 12.3 Å². The molecule has 3 aromatic rings. The fourth-order valence-corrected chi connectivity index (χ4v) is 4.09. The zero-order valence-corrected chi connectivity index (χ0v) is 16.3. The molecule has 0 saturated heterocycles. The summed E-state index contributed by atoms with van der Waals surface area (Å²) in [5, 5.41) is 10.7. The molecule has 0 bridgehead atoms. The first-order valence-corrected chi connectivity index (χ1v) is 10.5. The largest absolute Gasteiger partial charge is 0.384 e. The van der Waals surface area contributed by atoms with Gasteiger partial charge in [0, 0.05) is 6.54 Å². The lowest BCUT2D eigenvalue weighted by Gasteiger charge is -2.24. The molecule has 6 heteroatoms. The summed E-state index contributed by atoms with van der Waals surface area (Å²) in [7, 11) is -3.67. The van der Waals surface area contributed by atoms with Crippen molar-refractivity contribution in [2.45, 2.75) is 18.3 Å². The monoisotopic (exact) mass is 399 g/mol. The number of halogens is 1. The number of hydrogen-bond acceptors (Lipinski definition) is 3. The molecule has 3 aromatic carbocycles. The van der Waals surface area contributed by atoms with Gasteiger partial charge in [-0.1, -0.05) is 66.7 Å². The van der Waals surface area contributed by atoms with E-state index in [0.717, 1.165) is 11.1 Å². The Hall–Kier alpha value is -2.54. The molecule has 0 spiro atoms. The standard InChI is InChI=1S/C22H22FNO3S/c1-22(25,16-24-28(26,27)15-17-7-13-21(23)14-8-17)20-11-9-19(10-12-20)18-5-3-2-4-6-18/h2-14,24-25H,15-16H2,1H3. The molecule has 3 rings (SSSR count). The second-order valence-electron chi connectivity index (χ2n) is 6.92. The molecule has 146 valence electrons. The number of benzene rings is 3. The fraction of sp³-hybridized carbons (Fsp3) is 0.182. The highest BCUT2D eigenvalue weighted by Gasteiger charge is 2.25. The Morgan fingerprint density at radius 3 is 2.07 bits per heavy atom. The highest BCUT2D eigenvalue weighted by atomic mass is 32.2. The smallest absolute Gasteiger partial charge is 0.215 e. The quantitative estimate of drug-likeness (QED) is 0.635. The van der Waals surface area contributed by atoms with Crippen molar-refractivity contribution >= 4 is 10.0 Å². The molecule has 4 nitrogen and oxygen atoms in total. The maximum absolute atomic E-state index is 13.0. The first kappa shape index (κ1) is 20.2. The van der Waals surface area contributed by atoms with Gasteiger partial charge in [0.25, 0.3) is 0 Å². The van der Waals surface area contributed by atoms with Gasteiger partial charge in [-0.25, -0.2) is 17.5 Å². The predicted molar refractivity (Wildman–Crippen MR) is 108 cm³/mol. The molecule has 0 aliphatic rings. The Balaban J connectivity index is 1.66. The maximum atomic E-state index is 13.0. The van der Waals surface area contributed by atoms with Crippen molar-refractivity contribution in [1.82, 2.24) is 4.72 Å². The van der Waals surface area contributed by atoms with Crippen molar-refractivity contribution in [3.63, 3.8) is 0 Å². The van der Waals surface area contributed by atoms with Crippen LogP contribution >= 0.6 is 0 Å². The summed E-state index contributed by atoms with van der Waals surface area (Å²) in [4.78, 5) is 0. The Morgan fingerprint density at radius 2 is 1.46 bits per heavy atom. The van der Waals surface area contributed by atoms with E-state index in [2.05, 4.69) is 4.72 Å². The van der Waals surface area contributed by atoms with Crippen LogP contribution < -0.4 is 4.72 Å². The van der Waals surface area contributed by atoms with Crippen LogP contribution in [0.2, 0.25) is 0 Å². The van der Waals surface area contributed by atoms with Crippen LogP contribution in [0.15, 0.2) is 78.9 Å². The van der Waals surface area contributed by atoms with E-state index < -0.39 is 21.4 Å². The van der Waals surface area contributed by atoms with E-state index in [9.17, 15) is 17.9 Å². The van der Waals surface area contributed by atoms with Crippen LogP contribution in [0, 0.1) is 5.82 Å². The first-order valence-electron chi connectivity index (χ1n) is 8.85. The van der Waals surface area contributed by atoms with Crippen molar-refractivity contribution in [1.29, 1.82) is 0 Å². The van der Waals surface area contributed by atoms with E-state index in [4.69, 9.17) is 0 Å². The van der Waals surface area contributed by atoms with E-state index >= 15 is 0 Å². The topological polar surface area (TPSA) is 66.4 Å². The van der Waals surface area contributed by atoms with Crippen molar-refractivity contribution < 1.29 is 17.9 Å². The third kappa shape index (κ3) is 5.25. The Bertz CT molecular complexity index is 1020. The Labute approximate surface area is 164 Å². The summed E-state index contributed by atoms with van der Waals surface area (Å²) in [6, 6.07) is 22.5. The number of sulfonamides is 1. The molecule has 1 unspecified atom stereocenters. The second kappa shape index (κ2) is 8.22. The molecule has 0 fully saturated rings. The SMILES string of the molecule is CC(O)(CNS(=O)(=O)Cc1ccc(F)cc1)c1ccc(-c2ccccc2)cc1. The predicted octanol–water partition coefficient (Wildman–Crippen LogP) is 3.82. The normalized spacial score (nSPS) is 13.8. The number of hydrogen-bond donors (Lipinski definition) is 2. The third-order valence-electron chi connectivity index (χ3n) is 4.52. The van der Waals surface area contributed by atoms with Crippen LogP contribution in [0.3, 0.4) is 0 Å². The molecule has 0 aromatic heterocycles. The molecule has 0 radical (unpaired) electrons. The number of rotatable bonds is 7. The van der Waals surface area contributed by atoms with Crippen LogP contribution in [-0.2, 0) is 21.4 Å². The van der Waals surface area contributed by atoms with Crippen LogP contribution in [0.1, 0.15) is 18.1 Å². The Morgan fingerprint density at radius 1 is 0.893 bits per heavy atom. The van der Waals surface area contributed by atoms with E-state index in [1.807, 2.05) is 42.5 Å². The van der Waals surface area contributed by atoms with Crippen molar-refractivity contribution in [3.05, 3.63) is 95.8 Å². The minimum absolute atomic E-state index is 0.165. The summed E-state index contributed by atoms with van der Waals surface area (Å²) in [5.41, 5.74) is 1.79. The van der Waals surface area contributed by atoms with Gasteiger partial charge in [-0.05, 0) is 41.3 Å². The van der Waals surface area contributed by atoms with Gasteiger partial charge in [0.1, 0.15) is 11.4 Å². The number of nitrogens with one attached hydrogen (secondary N) is 1. The third-order valence-corrected chi connectivity index (χ3v) is 5.82. The molecular weight excluding hydrogens is 377 g/mol. The highest BCUT2D eigenvalue weighted by Crippen LogP contribution is 2.25. The van der Waals surface area contributed by atoms with Gasteiger partial charge in [0.15, 0.2) is 0 Å². The molecule has 0 heterocycles. The van der Waals surface area contributed by atoms with Crippen LogP contribution in [-0.4, -0.2) is 20.1 Å². The van der Waals surface area contributed by atoms with Gasteiger partial charge in [-0.3, -0.25) is 0 Å². The lowest BCUT2D eigenvalue weighted by atomic mass is 9.94. The minimum Gasteiger partial charge on any atom is -0.384 e. The molecule has 0 aliphatic heterocycles. The van der Waals surface area contributed by atoms with Gasteiger partial charge in [0.2, 0.25) is 10.0 Å². The zero-order chi connectivity index (χ0) is 20.2. The van der Waals surface area contributed by atoms with Crippen LogP contribution in [0.4, 0.5) is 4.39 Å². The summed E-state index contributed by atoms with van der Waals surface area (Å²) in [6.45, 7) is 1.39. The molecule has 0 aliphatic carbocycles. The fourth-order valence-electron chi connectivity index (χ4n) is 2.86. The van der Waals surface area contributed by atoms with E-state index in [1.165, 1.54) is 24.3 Å². The molecular formula is C22H22FNO3S. The molecule has 1 atom stereocenters. The number of aliphatic hydroxyl groups is 1. The van der Waals surface area contributed by atoms with Crippen molar-refractivity contribution in [2.75, 3.05) is 6.54 Å². The molecule has 0 saturated carbocycles. The zero-order valence-electron chi connectivity index (χ0n) is 15.5. The van der Waals surface area contributed by atoms with Crippen molar-refractivity contribution in [3.8, 4) is 11.1 Å². The lowest BCUT2D eigenvalue weighted by molar-refractivity contribution is 0.0627. The van der Waals surface area contributed by atoms with Gasteiger partial charge in [-0.15, -0.1) is 0 Å². The summed E-state index contributed by atoms with van der Waals surface area (Å²) >= 11 is 0. The molecule has 0 amide bonds. The van der Waals surface area contributed by atoms with Crippen LogP contribution in [0.5, 0.6) is 0 Å². The highest BCUT2D eigenvalue weighted by molar-refractivity contribution is 7.88. The van der Waals surface area contributed by atoms with Crippen LogP contribution in [0.25, 0.3) is 11.1 Å². The van der Waals surface area contributed by atoms with E-state index in [0.29, 0.717) is 11.1 Å². The summed E-state index contributed by atoms with van der Waals surface area (Å²) in [5.74, 6) is -0.702. The van der Waals surface area contributed by atoms with E-state index in [1.54, 1.807) is 19.1 Å². The van der Waals surface area contributed by atoms with Gasteiger partial charge >= 0.3 is 0 Å². The van der Waals surface area contributed by atoms with Gasteiger partial charge < -0.3 is 5.11 Å². The van der Waals surface area contributed by atoms with Crippen molar-refractivity contribution in [2.24, 2.45) is 0 Å². The second-order valence-corrected chi connectivity index (χ2v) is 8.73. The molecule has 2 N–H and O–H groups in total. The maximum Gasteiger partial charge on any atom is 0.215 e.